The van der Waals surface area contributed by atoms with Crippen LogP contribution < -0.4 is 5.73 Å². The maximum Gasteiger partial charge on any atom is 0.269 e. The lowest BCUT2D eigenvalue weighted by Crippen LogP contribution is -1.77. The molecule has 0 radical (unpaired) electrons. The molecule has 0 saturated heterocycles. The Bertz CT molecular complexity index is 355. The Morgan fingerprint density at radius 3 is 2.92 bits per heavy atom. The first-order chi connectivity index (χ1) is 5.75. The van der Waals surface area contributed by atoms with E-state index in [-0.39, 0.29) is 0 Å². The van der Waals surface area contributed by atoms with Crippen molar-refractivity contribution < 1.29 is 4.52 Å². The highest BCUT2D eigenvalue weighted by atomic mass is 32.1. The zero-order valence-corrected chi connectivity index (χ0v) is 7.13. The van der Waals surface area contributed by atoms with E-state index in [0.29, 0.717) is 16.8 Å². The van der Waals surface area contributed by atoms with Gasteiger partial charge < -0.3 is 10.3 Å². The van der Waals surface area contributed by atoms with Crippen molar-refractivity contribution in [2.24, 2.45) is 0 Å². The van der Waals surface area contributed by atoms with Gasteiger partial charge in [-0.1, -0.05) is 16.5 Å². The van der Waals surface area contributed by atoms with E-state index in [4.69, 9.17) is 10.3 Å². The molecule has 2 heterocycles. The molecule has 0 aliphatic heterocycles. The lowest BCUT2D eigenvalue weighted by Gasteiger charge is -1.80. The molecule has 2 aromatic rings. The van der Waals surface area contributed by atoms with Crippen molar-refractivity contribution in [2.45, 2.75) is 6.92 Å². The summed E-state index contributed by atoms with van der Waals surface area (Å²) in [6.07, 6.45) is 1.62. The monoisotopic (exact) mass is 182 g/mol. The van der Waals surface area contributed by atoms with Crippen LogP contribution in [-0.4, -0.2) is 15.1 Å². The minimum absolute atomic E-state index is 0.474. The third-order valence-corrected chi connectivity index (χ3v) is 2.08. The van der Waals surface area contributed by atoms with E-state index in [9.17, 15) is 0 Å². The van der Waals surface area contributed by atoms with Crippen LogP contribution in [0.15, 0.2) is 10.7 Å². The van der Waals surface area contributed by atoms with Crippen LogP contribution in [0.2, 0.25) is 0 Å². The number of nitrogen functional groups attached to an aromatic ring is 1. The van der Waals surface area contributed by atoms with E-state index in [1.165, 1.54) is 11.3 Å². The SMILES string of the molecule is Cc1noc(-c2cnc(N)s2)n1. The molecule has 0 fully saturated rings. The van der Waals surface area contributed by atoms with E-state index in [1.54, 1.807) is 13.1 Å². The molecule has 0 bridgehead atoms. The minimum Gasteiger partial charge on any atom is -0.375 e. The van der Waals surface area contributed by atoms with E-state index < -0.39 is 0 Å². The second-order valence-electron chi connectivity index (χ2n) is 2.21. The van der Waals surface area contributed by atoms with E-state index in [0.717, 1.165) is 4.88 Å². The number of anilines is 1. The number of hydrogen-bond acceptors (Lipinski definition) is 6. The quantitative estimate of drug-likeness (QED) is 0.714. The molecule has 12 heavy (non-hydrogen) atoms. The van der Waals surface area contributed by atoms with Crippen molar-refractivity contribution >= 4 is 16.5 Å². The first-order valence-corrected chi connectivity index (χ1v) is 4.09. The summed E-state index contributed by atoms with van der Waals surface area (Å²) in [5, 5.41) is 4.16. The zero-order valence-electron chi connectivity index (χ0n) is 6.31. The Labute approximate surface area is 72.2 Å². The largest absolute Gasteiger partial charge is 0.375 e. The standard InChI is InChI=1S/C6H6N4OS/c1-3-9-5(11-10-3)4-2-8-6(7)12-4/h2H,1H3,(H2,7,8). The van der Waals surface area contributed by atoms with Gasteiger partial charge in [-0.3, -0.25) is 0 Å². The van der Waals surface area contributed by atoms with Crippen LogP contribution in [0.4, 0.5) is 5.13 Å². The highest BCUT2D eigenvalue weighted by molar-refractivity contribution is 7.18. The van der Waals surface area contributed by atoms with Crippen LogP contribution >= 0.6 is 11.3 Å². The van der Waals surface area contributed by atoms with Gasteiger partial charge in [0.1, 0.15) is 4.88 Å². The fourth-order valence-electron chi connectivity index (χ4n) is 0.784. The molecule has 0 amide bonds. The van der Waals surface area contributed by atoms with Gasteiger partial charge >= 0.3 is 0 Å². The predicted octanol–water partition coefficient (Wildman–Crippen LogP) is 1.08. The summed E-state index contributed by atoms with van der Waals surface area (Å²) in [4.78, 5) is 8.70. The summed E-state index contributed by atoms with van der Waals surface area (Å²) >= 11 is 1.32. The minimum atomic E-state index is 0.474. The molecule has 0 aliphatic rings. The molecule has 2 aromatic heterocycles. The summed E-state index contributed by atoms with van der Waals surface area (Å²) in [5.41, 5.74) is 5.44. The number of rotatable bonds is 1. The molecule has 6 heteroatoms. The molecule has 2 rings (SSSR count). The van der Waals surface area contributed by atoms with Gasteiger partial charge in [0.25, 0.3) is 5.89 Å². The highest BCUT2D eigenvalue weighted by Gasteiger charge is 2.08. The van der Waals surface area contributed by atoms with Crippen molar-refractivity contribution in [1.82, 2.24) is 15.1 Å². The summed E-state index contributed by atoms with van der Waals surface area (Å²) in [6.45, 7) is 1.76. The van der Waals surface area contributed by atoms with Crippen molar-refractivity contribution in [3.05, 3.63) is 12.0 Å². The van der Waals surface area contributed by atoms with Crippen LogP contribution in [0.1, 0.15) is 5.82 Å². The Kier molecular flexibility index (Phi) is 1.54. The van der Waals surface area contributed by atoms with Crippen molar-refractivity contribution in [3.63, 3.8) is 0 Å². The van der Waals surface area contributed by atoms with Crippen LogP contribution in [0.3, 0.4) is 0 Å². The summed E-state index contributed by atoms with van der Waals surface area (Å²) in [7, 11) is 0. The lowest BCUT2D eigenvalue weighted by atomic mass is 10.5. The molecular formula is C6H6N4OS. The molecular weight excluding hydrogens is 176 g/mol. The Morgan fingerprint density at radius 1 is 1.58 bits per heavy atom. The summed E-state index contributed by atoms with van der Waals surface area (Å²) in [5.74, 6) is 1.08. The summed E-state index contributed by atoms with van der Waals surface area (Å²) in [6, 6.07) is 0. The topological polar surface area (TPSA) is 77.8 Å². The third kappa shape index (κ3) is 1.16. The van der Waals surface area contributed by atoms with Gasteiger partial charge in [0.15, 0.2) is 11.0 Å². The number of nitrogens with zero attached hydrogens (tertiary/aromatic N) is 3. The second kappa shape index (κ2) is 2.56. The maximum absolute atomic E-state index is 5.44. The van der Waals surface area contributed by atoms with Crippen LogP contribution in [0, 0.1) is 6.92 Å². The molecule has 0 aromatic carbocycles. The molecule has 62 valence electrons. The Hall–Kier alpha value is -1.43. The number of hydrogen-bond donors (Lipinski definition) is 1. The van der Waals surface area contributed by atoms with E-state index in [2.05, 4.69) is 15.1 Å². The van der Waals surface area contributed by atoms with Crippen molar-refractivity contribution in [1.29, 1.82) is 0 Å². The van der Waals surface area contributed by atoms with Gasteiger partial charge in [0.2, 0.25) is 0 Å². The number of aromatic nitrogens is 3. The second-order valence-corrected chi connectivity index (χ2v) is 3.27. The normalized spacial score (nSPS) is 10.4. The maximum atomic E-state index is 5.44. The molecule has 2 N–H and O–H groups in total. The van der Waals surface area contributed by atoms with Gasteiger partial charge in [-0.25, -0.2) is 4.98 Å². The number of thiazole rings is 1. The Morgan fingerprint density at radius 2 is 2.42 bits per heavy atom. The molecule has 5 nitrogen and oxygen atoms in total. The fourth-order valence-corrected chi connectivity index (χ4v) is 1.39. The predicted molar refractivity (Wildman–Crippen MR) is 44.6 cm³/mol. The van der Waals surface area contributed by atoms with Crippen LogP contribution in [-0.2, 0) is 0 Å². The highest BCUT2D eigenvalue weighted by Crippen LogP contribution is 2.25. The smallest absolute Gasteiger partial charge is 0.269 e. The zero-order chi connectivity index (χ0) is 8.55. The summed E-state index contributed by atoms with van der Waals surface area (Å²) < 4.78 is 4.92. The first kappa shape index (κ1) is 7.23. The molecule has 0 aliphatic carbocycles. The van der Waals surface area contributed by atoms with E-state index in [1.807, 2.05) is 0 Å². The van der Waals surface area contributed by atoms with Gasteiger partial charge in [0, 0.05) is 0 Å². The van der Waals surface area contributed by atoms with Gasteiger partial charge in [-0.15, -0.1) is 0 Å². The van der Waals surface area contributed by atoms with Gasteiger partial charge in [0.05, 0.1) is 6.20 Å². The fraction of sp³-hybridized carbons (Fsp3) is 0.167. The first-order valence-electron chi connectivity index (χ1n) is 3.27. The van der Waals surface area contributed by atoms with Crippen LogP contribution in [0.25, 0.3) is 10.8 Å². The van der Waals surface area contributed by atoms with Crippen LogP contribution in [0.5, 0.6) is 0 Å². The van der Waals surface area contributed by atoms with Crippen molar-refractivity contribution in [3.8, 4) is 10.8 Å². The van der Waals surface area contributed by atoms with Gasteiger partial charge in [-0.05, 0) is 6.92 Å². The number of aryl methyl sites for hydroxylation is 1. The lowest BCUT2D eigenvalue weighted by molar-refractivity contribution is 0.426. The molecule has 0 saturated carbocycles. The average molecular weight is 182 g/mol. The molecule has 0 atom stereocenters. The average Bonchev–Trinajstić information content (AvgIpc) is 2.58. The van der Waals surface area contributed by atoms with Gasteiger partial charge in [-0.2, -0.15) is 4.98 Å². The number of nitrogens with two attached hydrogens (primary N) is 1. The van der Waals surface area contributed by atoms with E-state index >= 15 is 0 Å². The third-order valence-electron chi connectivity index (χ3n) is 1.26. The van der Waals surface area contributed by atoms with Crippen molar-refractivity contribution in [2.75, 3.05) is 5.73 Å². The Balaban J connectivity index is 2.43. The molecule has 0 spiro atoms. The molecule has 0 unspecified atom stereocenters.